The fourth-order valence-electron chi connectivity index (χ4n) is 3.45. The molecule has 0 amide bonds. The number of aliphatic imine (C=N–C) groups is 2. The fraction of sp³-hybridized carbons (Fsp3) is 0.269. The number of aryl methyl sites for hydroxylation is 5. The number of rotatable bonds is 4. The molecular formula is C26H29Cl3N3Nd. The second-order valence-corrected chi connectivity index (χ2v) is 7.79. The summed E-state index contributed by atoms with van der Waals surface area (Å²) in [5.74, 6) is 0. The first-order valence-corrected chi connectivity index (χ1v) is 9.98. The van der Waals surface area contributed by atoms with Crippen molar-refractivity contribution in [2.45, 2.75) is 48.5 Å². The van der Waals surface area contributed by atoms with Gasteiger partial charge in [0, 0.05) is 0 Å². The predicted molar refractivity (Wildman–Crippen MR) is 125 cm³/mol. The molecule has 1 aromatic heterocycles. The van der Waals surface area contributed by atoms with Crippen molar-refractivity contribution in [2.75, 3.05) is 0 Å². The number of halogens is 3. The number of benzene rings is 2. The SMILES string of the molecule is CC(=Nc1c(C)cccc1C)c1cc(C)cc(C(C)=Nc2c(C)cccc2C)n1.[Cl-].[Cl-].[Cl-].[Nd+3]. The van der Waals surface area contributed by atoms with Crippen LogP contribution in [0.5, 0.6) is 0 Å². The van der Waals surface area contributed by atoms with Gasteiger partial charge < -0.3 is 37.2 Å². The van der Waals surface area contributed by atoms with Gasteiger partial charge in [0.05, 0.1) is 34.2 Å². The summed E-state index contributed by atoms with van der Waals surface area (Å²) >= 11 is 0. The average molecular weight is 634 g/mol. The summed E-state index contributed by atoms with van der Waals surface area (Å²) in [7, 11) is 0. The molecule has 2 aromatic carbocycles. The molecule has 0 N–H and O–H groups in total. The first-order valence-electron chi connectivity index (χ1n) is 9.98. The first kappa shape index (κ1) is 34.3. The Morgan fingerprint density at radius 2 is 0.909 bits per heavy atom. The fourth-order valence-corrected chi connectivity index (χ4v) is 3.45. The van der Waals surface area contributed by atoms with Gasteiger partial charge in [-0.1, -0.05) is 36.4 Å². The van der Waals surface area contributed by atoms with E-state index in [1.54, 1.807) is 0 Å². The van der Waals surface area contributed by atoms with Crippen LogP contribution >= 0.6 is 0 Å². The summed E-state index contributed by atoms with van der Waals surface area (Å²) in [6.45, 7) is 14.5. The Morgan fingerprint density at radius 1 is 0.606 bits per heavy atom. The molecule has 3 aromatic rings. The second kappa shape index (κ2) is 15.2. The van der Waals surface area contributed by atoms with Crippen LogP contribution in [0.2, 0.25) is 0 Å². The van der Waals surface area contributed by atoms with E-state index in [1.807, 2.05) is 13.8 Å². The van der Waals surface area contributed by atoms with Crippen LogP contribution < -0.4 is 37.2 Å². The van der Waals surface area contributed by atoms with E-state index >= 15 is 0 Å². The molecule has 0 atom stereocenters. The maximum Gasteiger partial charge on any atom is 3.00 e. The monoisotopic (exact) mass is 630 g/mol. The predicted octanol–water partition coefficient (Wildman–Crippen LogP) is -2.08. The molecule has 0 aliphatic heterocycles. The molecule has 1 radical (unpaired) electrons. The van der Waals surface area contributed by atoms with Crippen LogP contribution in [-0.4, -0.2) is 16.4 Å². The summed E-state index contributed by atoms with van der Waals surface area (Å²) in [5.41, 5.74) is 11.5. The summed E-state index contributed by atoms with van der Waals surface area (Å²) < 4.78 is 0. The Hall–Kier alpha value is -0.849. The minimum Gasteiger partial charge on any atom is -1.00 e. The number of para-hydroxylation sites is 2. The number of pyridine rings is 1. The van der Waals surface area contributed by atoms with Gasteiger partial charge in [0.1, 0.15) is 0 Å². The van der Waals surface area contributed by atoms with Crippen LogP contribution in [0.1, 0.15) is 53.1 Å². The zero-order valence-electron chi connectivity index (χ0n) is 20.1. The smallest absolute Gasteiger partial charge is 1.00 e. The molecule has 0 bridgehead atoms. The molecule has 3 rings (SSSR count). The van der Waals surface area contributed by atoms with Crippen LogP contribution in [0.25, 0.3) is 0 Å². The van der Waals surface area contributed by atoms with Crippen LogP contribution in [0.4, 0.5) is 11.4 Å². The molecular weight excluding hydrogens is 605 g/mol. The largest absolute Gasteiger partial charge is 3.00 e. The van der Waals surface area contributed by atoms with E-state index in [2.05, 4.69) is 83.1 Å². The van der Waals surface area contributed by atoms with Crippen molar-refractivity contribution in [3.8, 4) is 0 Å². The zero-order valence-corrected chi connectivity index (χ0v) is 25.6. The summed E-state index contributed by atoms with van der Waals surface area (Å²) in [5, 5.41) is 0. The molecule has 0 spiro atoms. The Balaban J connectivity index is 0. The van der Waals surface area contributed by atoms with E-state index < -0.39 is 0 Å². The van der Waals surface area contributed by atoms with Crippen LogP contribution in [0.15, 0.2) is 58.5 Å². The van der Waals surface area contributed by atoms with Gasteiger partial charge in [-0.3, -0.25) is 9.98 Å². The van der Waals surface area contributed by atoms with Gasteiger partial charge in [0.25, 0.3) is 0 Å². The molecule has 1 heterocycles. The summed E-state index contributed by atoms with van der Waals surface area (Å²) in [6, 6.07) is 16.7. The number of hydrogen-bond acceptors (Lipinski definition) is 3. The maximum atomic E-state index is 4.90. The summed E-state index contributed by atoms with van der Waals surface area (Å²) in [4.78, 5) is 14.7. The van der Waals surface area contributed by atoms with Gasteiger partial charge in [0.2, 0.25) is 0 Å². The number of aromatic nitrogens is 1. The molecule has 0 fully saturated rings. The maximum absolute atomic E-state index is 4.90. The molecule has 3 nitrogen and oxygen atoms in total. The van der Waals surface area contributed by atoms with Crippen LogP contribution in [0, 0.1) is 75.5 Å². The number of hydrogen-bond donors (Lipinski definition) is 0. The van der Waals surface area contributed by atoms with Gasteiger partial charge in [-0.05, 0) is 88.4 Å². The molecule has 7 heteroatoms. The van der Waals surface area contributed by atoms with E-state index in [1.165, 1.54) is 22.3 Å². The summed E-state index contributed by atoms with van der Waals surface area (Å²) in [6.07, 6.45) is 0. The molecule has 0 unspecified atom stereocenters. The quantitative estimate of drug-likeness (QED) is 0.304. The molecule has 0 saturated carbocycles. The van der Waals surface area contributed by atoms with E-state index in [0.29, 0.717) is 0 Å². The second-order valence-electron chi connectivity index (χ2n) is 7.79. The Labute approximate surface area is 249 Å². The van der Waals surface area contributed by atoms with Crippen LogP contribution in [-0.2, 0) is 0 Å². The van der Waals surface area contributed by atoms with Gasteiger partial charge in [-0.15, -0.1) is 0 Å². The van der Waals surface area contributed by atoms with Crippen molar-refractivity contribution >= 4 is 22.8 Å². The normalized spacial score (nSPS) is 10.9. The molecule has 0 aliphatic carbocycles. The van der Waals surface area contributed by atoms with Crippen molar-refractivity contribution < 1.29 is 78.1 Å². The van der Waals surface area contributed by atoms with Crippen LogP contribution in [0.3, 0.4) is 0 Å². The number of nitrogens with zero attached hydrogens (tertiary/aromatic N) is 3. The third kappa shape index (κ3) is 8.70. The van der Waals surface area contributed by atoms with Crippen molar-refractivity contribution in [3.05, 3.63) is 87.7 Å². The van der Waals surface area contributed by atoms with Gasteiger partial charge in [-0.25, -0.2) is 4.98 Å². The molecule has 0 aliphatic rings. The zero-order chi connectivity index (χ0) is 21.1. The van der Waals surface area contributed by atoms with E-state index in [9.17, 15) is 0 Å². The molecule has 0 saturated heterocycles. The minimum absolute atomic E-state index is 0. The minimum atomic E-state index is 0. The van der Waals surface area contributed by atoms with Crippen molar-refractivity contribution in [1.29, 1.82) is 0 Å². The Morgan fingerprint density at radius 3 is 1.21 bits per heavy atom. The average Bonchev–Trinajstić information content (AvgIpc) is 2.67. The van der Waals surface area contributed by atoms with Crippen molar-refractivity contribution in [1.82, 2.24) is 4.98 Å². The van der Waals surface area contributed by atoms with Crippen molar-refractivity contribution in [2.24, 2.45) is 9.98 Å². The van der Waals surface area contributed by atoms with E-state index in [4.69, 9.17) is 15.0 Å². The Bertz CT molecular complexity index is 1020. The third-order valence-electron chi connectivity index (χ3n) is 5.15. The standard InChI is InChI=1S/C26H29N3.3ClH.Nd/c1-16-14-23(21(6)27-25-17(2)10-8-11-18(25)3)29-24(15-16)22(7)28-26-19(4)12-9-13-20(26)5;;;;/h8-15H,1-7H3;3*1H;/q;;;;+3/p-3. The molecule has 33 heavy (non-hydrogen) atoms. The van der Waals surface area contributed by atoms with Gasteiger partial charge >= 0.3 is 40.8 Å². The van der Waals surface area contributed by atoms with Crippen molar-refractivity contribution in [3.63, 3.8) is 0 Å². The Kier molecular flexibility index (Phi) is 15.8. The first-order chi connectivity index (χ1) is 13.8. The van der Waals surface area contributed by atoms with E-state index in [-0.39, 0.29) is 78.1 Å². The van der Waals surface area contributed by atoms with Gasteiger partial charge in [-0.2, -0.15) is 0 Å². The molecule has 173 valence electrons. The van der Waals surface area contributed by atoms with E-state index in [0.717, 1.165) is 39.7 Å². The third-order valence-corrected chi connectivity index (χ3v) is 5.15. The van der Waals surface area contributed by atoms with Gasteiger partial charge in [0.15, 0.2) is 0 Å². The topological polar surface area (TPSA) is 37.6 Å².